The Morgan fingerprint density at radius 2 is 1.06 bits per heavy atom. The fraction of sp³-hybridized carbons (Fsp3) is 0.185. The Kier molecular flexibility index (Phi) is 8.77. The molecule has 0 heterocycles. The van der Waals surface area contributed by atoms with Gasteiger partial charge in [-0.1, -0.05) is 64.1 Å². The van der Waals surface area contributed by atoms with E-state index >= 15 is 0 Å². The summed E-state index contributed by atoms with van der Waals surface area (Å²) in [6, 6.07) is 25.4. The highest BCUT2D eigenvalue weighted by atomic mass is 16.3. The van der Waals surface area contributed by atoms with E-state index in [2.05, 4.69) is 37.4 Å². The van der Waals surface area contributed by atoms with Gasteiger partial charge in [-0.3, -0.25) is 0 Å². The summed E-state index contributed by atoms with van der Waals surface area (Å²) in [5.41, 5.74) is 2.89. The van der Waals surface area contributed by atoms with Crippen molar-refractivity contribution in [3.8, 4) is 17.2 Å². The molecule has 0 radical (unpaired) electrons. The maximum atomic E-state index is 9.31. The van der Waals surface area contributed by atoms with Crippen molar-refractivity contribution < 1.29 is 15.3 Å². The van der Waals surface area contributed by atoms with Crippen molar-refractivity contribution in [1.82, 2.24) is 0 Å². The molecule has 0 aliphatic rings. The first kappa shape index (κ1) is 23.6. The Bertz CT molecular complexity index is 1060. The number of hydrogen-bond donors (Lipinski definition) is 4. The van der Waals surface area contributed by atoms with Gasteiger partial charge in [0, 0.05) is 23.5 Å². The van der Waals surface area contributed by atoms with Gasteiger partial charge in [0.25, 0.3) is 0 Å². The van der Waals surface area contributed by atoms with Crippen molar-refractivity contribution in [1.29, 1.82) is 0 Å². The summed E-state index contributed by atoms with van der Waals surface area (Å²) in [5.74, 6) is 1.29. The third-order valence-corrected chi connectivity index (χ3v) is 4.50. The first-order valence-corrected chi connectivity index (χ1v) is 10.5. The highest BCUT2D eigenvalue weighted by Crippen LogP contribution is 2.24. The molecule has 4 N–H and O–H groups in total. The smallest absolute Gasteiger partial charge is 0.117 e. The molecule has 0 unspecified atom stereocenters. The second-order valence-corrected chi connectivity index (χ2v) is 7.17. The molecule has 4 nitrogen and oxygen atoms in total. The van der Waals surface area contributed by atoms with E-state index < -0.39 is 0 Å². The van der Waals surface area contributed by atoms with E-state index in [1.165, 1.54) is 10.9 Å². The molecule has 0 fully saturated rings. The van der Waals surface area contributed by atoms with Crippen molar-refractivity contribution in [2.24, 2.45) is 0 Å². The van der Waals surface area contributed by atoms with Gasteiger partial charge in [-0.25, -0.2) is 0 Å². The molecular weight excluding hydrogens is 386 g/mol. The summed E-state index contributed by atoms with van der Waals surface area (Å²) in [5, 5.41) is 33.2. The fourth-order valence-corrected chi connectivity index (χ4v) is 2.94. The summed E-state index contributed by atoms with van der Waals surface area (Å²) in [6.07, 6.45) is 0. The molecule has 0 saturated heterocycles. The normalized spacial score (nSPS) is 9.97. The minimum Gasteiger partial charge on any atom is -0.508 e. The molecule has 0 atom stereocenters. The van der Waals surface area contributed by atoms with Crippen molar-refractivity contribution in [3.05, 3.63) is 90.5 Å². The highest BCUT2D eigenvalue weighted by Gasteiger charge is 2.01. The van der Waals surface area contributed by atoms with E-state index in [1.807, 2.05) is 32.0 Å². The Labute approximate surface area is 184 Å². The molecule has 0 saturated carbocycles. The molecule has 0 aliphatic carbocycles. The largest absolute Gasteiger partial charge is 0.508 e. The van der Waals surface area contributed by atoms with E-state index in [1.54, 1.807) is 48.5 Å². The molecule has 4 aromatic carbocycles. The van der Waals surface area contributed by atoms with Crippen LogP contribution >= 0.6 is 0 Å². The zero-order valence-electron chi connectivity index (χ0n) is 18.5. The lowest BCUT2D eigenvalue weighted by Crippen LogP contribution is -1.88. The first-order chi connectivity index (χ1) is 14.9. The lowest BCUT2D eigenvalue weighted by molar-refractivity contribution is 0.475. The van der Waals surface area contributed by atoms with Crippen LogP contribution in [0.2, 0.25) is 0 Å². The van der Waals surface area contributed by atoms with Crippen LogP contribution in [0.4, 0.5) is 11.4 Å². The molecule has 0 aliphatic heterocycles. The molecular formula is C27H31NO3. The van der Waals surface area contributed by atoms with Crippen LogP contribution in [0.5, 0.6) is 17.2 Å². The predicted octanol–water partition coefficient (Wildman–Crippen LogP) is 7.54. The molecule has 0 aromatic heterocycles. The number of phenolic OH excluding ortho intramolecular Hbond substituents is 3. The molecule has 4 rings (SSSR count). The van der Waals surface area contributed by atoms with Gasteiger partial charge in [0.2, 0.25) is 0 Å². The van der Waals surface area contributed by atoms with Crippen LogP contribution in [0.15, 0.2) is 84.9 Å². The number of fused-ring (bicyclic) bond motifs is 1. The summed E-state index contributed by atoms with van der Waals surface area (Å²) in [7, 11) is 0. The lowest BCUT2D eigenvalue weighted by atomic mass is 9.99. The zero-order valence-corrected chi connectivity index (χ0v) is 18.5. The van der Waals surface area contributed by atoms with Gasteiger partial charge in [0.1, 0.15) is 17.2 Å². The third kappa shape index (κ3) is 7.27. The van der Waals surface area contributed by atoms with E-state index in [-0.39, 0.29) is 11.5 Å². The predicted molar refractivity (Wildman–Crippen MR) is 131 cm³/mol. The van der Waals surface area contributed by atoms with Gasteiger partial charge in [-0.2, -0.15) is 0 Å². The zero-order chi connectivity index (χ0) is 22.8. The van der Waals surface area contributed by atoms with Gasteiger partial charge in [0.05, 0.1) is 0 Å². The Morgan fingerprint density at radius 3 is 1.58 bits per heavy atom. The Morgan fingerprint density at radius 1 is 0.581 bits per heavy atom. The topological polar surface area (TPSA) is 72.7 Å². The maximum Gasteiger partial charge on any atom is 0.117 e. The molecule has 0 spiro atoms. The van der Waals surface area contributed by atoms with Crippen LogP contribution in [0.3, 0.4) is 0 Å². The highest BCUT2D eigenvalue weighted by molar-refractivity contribution is 5.84. The number of phenols is 3. The third-order valence-electron chi connectivity index (χ3n) is 4.50. The molecule has 31 heavy (non-hydrogen) atoms. The van der Waals surface area contributed by atoms with E-state index in [0.717, 1.165) is 16.8 Å². The number of hydrogen-bond acceptors (Lipinski definition) is 4. The number of rotatable bonds is 3. The van der Waals surface area contributed by atoms with Gasteiger partial charge < -0.3 is 20.6 Å². The van der Waals surface area contributed by atoms with Gasteiger partial charge in [0.15, 0.2) is 0 Å². The van der Waals surface area contributed by atoms with Crippen molar-refractivity contribution in [2.45, 2.75) is 33.6 Å². The lowest BCUT2D eigenvalue weighted by Gasteiger charge is -2.06. The SMILES string of the molecule is CC.CC(C)c1ccc2cc(O)ccc2c1.Oc1cccc(Nc2cccc(O)c2)c1. The summed E-state index contributed by atoms with van der Waals surface area (Å²) >= 11 is 0. The summed E-state index contributed by atoms with van der Waals surface area (Å²) in [6.45, 7) is 8.36. The fourth-order valence-electron chi connectivity index (χ4n) is 2.94. The minimum absolute atomic E-state index is 0.208. The number of benzene rings is 4. The maximum absolute atomic E-state index is 9.31. The first-order valence-electron chi connectivity index (χ1n) is 10.5. The number of aromatic hydroxyl groups is 3. The average Bonchev–Trinajstić information content (AvgIpc) is 2.75. The quantitative estimate of drug-likeness (QED) is 0.278. The van der Waals surface area contributed by atoms with Gasteiger partial charge in [-0.05, 0) is 58.7 Å². The van der Waals surface area contributed by atoms with Crippen LogP contribution in [0.25, 0.3) is 10.8 Å². The molecule has 0 bridgehead atoms. The second-order valence-electron chi connectivity index (χ2n) is 7.17. The van der Waals surface area contributed by atoms with Crippen molar-refractivity contribution in [2.75, 3.05) is 5.32 Å². The van der Waals surface area contributed by atoms with Crippen molar-refractivity contribution >= 4 is 22.1 Å². The van der Waals surface area contributed by atoms with E-state index in [0.29, 0.717) is 11.7 Å². The molecule has 4 heteroatoms. The van der Waals surface area contributed by atoms with Crippen LogP contribution in [-0.4, -0.2) is 15.3 Å². The summed E-state index contributed by atoms with van der Waals surface area (Å²) < 4.78 is 0. The standard InChI is InChI=1S/C13H14O.C12H11NO2.C2H6/c1-9(2)10-3-4-12-8-13(14)6-5-11(12)7-10;14-11-5-1-3-9(7-11)13-10-4-2-6-12(15)8-10;1-2/h3-9,14H,1-2H3;1-8,13-15H;1-2H3. The van der Waals surface area contributed by atoms with E-state index in [4.69, 9.17) is 0 Å². The van der Waals surface area contributed by atoms with Crippen LogP contribution in [0, 0.1) is 0 Å². The Hall–Kier alpha value is -3.66. The molecule has 162 valence electrons. The molecule has 0 amide bonds. The monoisotopic (exact) mass is 417 g/mol. The van der Waals surface area contributed by atoms with Gasteiger partial charge in [-0.15, -0.1) is 0 Å². The Balaban J connectivity index is 0.000000204. The molecule has 4 aromatic rings. The number of anilines is 2. The van der Waals surface area contributed by atoms with Crippen LogP contribution < -0.4 is 5.32 Å². The number of nitrogens with one attached hydrogen (secondary N) is 1. The second kappa shape index (κ2) is 11.5. The van der Waals surface area contributed by atoms with Crippen LogP contribution in [0.1, 0.15) is 39.2 Å². The average molecular weight is 418 g/mol. The van der Waals surface area contributed by atoms with Crippen LogP contribution in [-0.2, 0) is 0 Å². The van der Waals surface area contributed by atoms with Gasteiger partial charge >= 0.3 is 0 Å². The van der Waals surface area contributed by atoms with Crippen molar-refractivity contribution in [3.63, 3.8) is 0 Å². The van der Waals surface area contributed by atoms with E-state index in [9.17, 15) is 15.3 Å². The summed E-state index contributed by atoms with van der Waals surface area (Å²) in [4.78, 5) is 0. The minimum atomic E-state index is 0.208.